The summed E-state index contributed by atoms with van der Waals surface area (Å²) >= 11 is 0. The first-order valence-corrected chi connectivity index (χ1v) is 10.3. The topological polar surface area (TPSA) is 65.6 Å². The van der Waals surface area contributed by atoms with E-state index in [2.05, 4.69) is 14.8 Å². The monoisotopic (exact) mass is 381 g/mol. The molecule has 6 rings (SSSR count). The number of rotatable bonds is 5. The number of hydrogen-bond donors (Lipinski definition) is 1. The van der Waals surface area contributed by atoms with Crippen LogP contribution in [0.2, 0.25) is 0 Å². The van der Waals surface area contributed by atoms with Crippen LogP contribution in [-0.2, 0) is 11.3 Å². The molecule has 2 atom stereocenters. The van der Waals surface area contributed by atoms with Crippen LogP contribution in [0.4, 0.5) is 0 Å². The van der Waals surface area contributed by atoms with Gasteiger partial charge in [0.25, 0.3) is 5.56 Å². The molecule has 4 heterocycles. The third-order valence-electron chi connectivity index (χ3n) is 6.54. The normalized spacial score (nSPS) is 25.3. The molecule has 3 saturated heterocycles. The maximum Gasteiger partial charge on any atom is 0.252 e. The molecule has 1 aliphatic carbocycles. The van der Waals surface area contributed by atoms with E-state index >= 15 is 0 Å². The highest BCUT2D eigenvalue weighted by atomic mass is 16.5. The standard InChI is InChI=1S/C22H27N3O3/c1-28-19-7-5-15-8-17(21(26)23-20(15)9-19)12-24-11-16-4-6-18(13-24)25(22(16)27)10-14-2-3-14/h5,7-9,14,16,18H,2-4,6,10-13H2,1H3,(H,23,26)/t16-,18+/m1/s1. The lowest BCUT2D eigenvalue weighted by atomic mass is 9.94. The average Bonchev–Trinajstić information content (AvgIpc) is 3.52. The number of nitrogens with zero attached hydrogens (tertiary/aromatic N) is 2. The highest BCUT2D eigenvalue weighted by Crippen LogP contribution is 2.35. The number of carbonyl (C=O) groups excluding carboxylic acids is 1. The summed E-state index contributed by atoms with van der Waals surface area (Å²) in [6, 6.07) is 8.01. The van der Waals surface area contributed by atoms with Crippen LogP contribution in [0.3, 0.4) is 0 Å². The third kappa shape index (κ3) is 3.30. The van der Waals surface area contributed by atoms with E-state index in [-0.39, 0.29) is 11.5 Å². The van der Waals surface area contributed by atoms with Gasteiger partial charge in [-0.25, -0.2) is 0 Å². The number of ether oxygens (including phenoxy) is 1. The van der Waals surface area contributed by atoms with Crippen molar-refractivity contribution in [3.05, 3.63) is 40.2 Å². The van der Waals surface area contributed by atoms with E-state index in [0.29, 0.717) is 18.5 Å². The highest BCUT2D eigenvalue weighted by molar-refractivity contribution is 5.81. The predicted octanol–water partition coefficient (Wildman–Crippen LogP) is 2.37. The lowest BCUT2D eigenvalue weighted by molar-refractivity contribution is -0.140. The summed E-state index contributed by atoms with van der Waals surface area (Å²) in [7, 11) is 1.62. The van der Waals surface area contributed by atoms with Crippen molar-refractivity contribution in [1.29, 1.82) is 0 Å². The van der Waals surface area contributed by atoms with E-state index in [1.165, 1.54) is 12.8 Å². The Morgan fingerprint density at radius 2 is 1.96 bits per heavy atom. The van der Waals surface area contributed by atoms with Crippen LogP contribution in [-0.4, -0.2) is 53.5 Å². The van der Waals surface area contributed by atoms with Gasteiger partial charge in [-0.05, 0) is 55.2 Å². The summed E-state index contributed by atoms with van der Waals surface area (Å²) in [6.07, 6.45) is 4.60. The minimum absolute atomic E-state index is 0.0569. The molecule has 0 unspecified atom stereocenters. The maximum absolute atomic E-state index is 12.9. The second kappa shape index (κ2) is 6.92. The van der Waals surface area contributed by atoms with Gasteiger partial charge in [0.2, 0.25) is 5.91 Å². The Bertz CT molecular complexity index is 965. The van der Waals surface area contributed by atoms with Gasteiger partial charge in [-0.1, -0.05) is 0 Å². The lowest BCUT2D eigenvalue weighted by Crippen LogP contribution is -2.48. The number of pyridine rings is 1. The van der Waals surface area contributed by atoms with Crippen LogP contribution in [0.5, 0.6) is 5.75 Å². The van der Waals surface area contributed by atoms with Crippen LogP contribution in [0, 0.1) is 11.8 Å². The fraction of sp³-hybridized carbons (Fsp3) is 0.545. The van der Waals surface area contributed by atoms with Gasteiger partial charge in [-0.15, -0.1) is 0 Å². The van der Waals surface area contributed by atoms with Crippen molar-refractivity contribution >= 4 is 16.8 Å². The van der Waals surface area contributed by atoms with E-state index < -0.39 is 0 Å². The van der Waals surface area contributed by atoms with Gasteiger partial charge in [0.1, 0.15) is 5.75 Å². The molecule has 1 saturated carbocycles. The molecule has 1 amide bonds. The molecule has 4 aliphatic rings. The number of hydrogen-bond acceptors (Lipinski definition) is 4. The van der Waals surface area contributed by atoms with E-state index in [9.17, 15) is 9.59 Å². The second-order valence-corrected chi connectivity index (χ2v) is 8.63. The van der Waals surface area contributed by atoms with Crippen LogP contribution in [0.25, 0.3) is 10.9 Å². The minimum Gasteiger partial charge on any atom is -0.497 e. The fourth-order valence-electron chi connectivity index (χ4n) is 4.79. The molecule has 0 radical (unpaired) electrons. The van der Waals surface area contributed by atoms with E-state index in [0.717, 1.165) is 60.6 Å². The number of aromatic amines is 1. The Hall–Kier alpha value is -2.34. The molecular weight excluding hydrogens is 354 g/mol. The van der Waals surface area contributed by atoms with Crippen molar-refractivity contribution in [3.8, 4) is 5.75 Å². The van der Waals surface area contributed by atoms with Crippen molar-refractivity contribution in [2.45, 2.75) is 38.3 Å². The first kappa shape index (κ1) is 17.7. The van der Waals surface area contributed by atoms with Gasteiger partial charge >= 0.3 is 0 Å². The van der Waals surface area contributed by atoms with E-state index in [4.69, 9.17) is 4.74 Å². The average molecular weight is 381 g/mol. The number of methoxy groups -OCH3 is 1. The fourth-order valence-corrected chi connectivity index (χ4v) is 4.79. The quantitative estimate of drug-likeness (QED) is 0.864. The van der Waals surface area contributed by atoms with Gasteiger partial charge in [-0.3, -0.25) is 14.5 Å². The first-order chi connectivity index (χ1) is 13.6. The number of amides is 1. The number of fused-ring (bicyclic) bond motifs is 5. The predicted molar refractivity (Wildman–Crippen MR) is 107 cm³/mol. The summed E-state index contributed by atoms with van der Waals surface area (Å²) in [5.41, 5.74) is 1.49. The summed E-state index contributed by atoms with van der Waals surface area (Å²) in [6.45, 7) is 3.16. The highest BCUT2D eigenvalue weighted by Gasteiger charge is 2.42. The summed E-state index contributed by atoms with van der Waals surface area (Å²) < 4.78 is 5.24. The Balaban J connectivity index is 1.38. The van der Waals surface area contributed by atoms with Crippen molar-refractivity contribution in [1.82, 2.24) is 14.8 Å². The molecule has 28 heavy (non-hydrogen) atoms. The minimum atomic E-state index is -0.0569. The molecule has 6 heteroatoms. The number of nitrogens with one attached hydrogen (secondary N) is 1. The van der Waals surface area contributed by atoms with Crippen LogP contribution >= 0.6 is 0 Å². The van der Waals surface area contributed by atoms with E-state index in [1.54, 1.807) is 7.11 Å². The van der Waals surface area contributed by atoms with Crippen molar-refractivity contribution in [2.75, 3.05) is 26.7 Å². The Morgan fingerprint density at radius 3 is 2.75 bits per heavy atom. The van der Waals surface area contributed by atoms with Crippen molar-refractivity contribution < 1.29 is 9.53 Å². The van der Waals surface area contributed by atoms with Gasteiger partial charge in [0.05, 0.1) is 18.5 Å². The number of H-pyrrole nitrogens is 1. The molecular formula is C22H27N3O3. The van der Waals surface area contributed by atoms with Crippen LogP contribution < -0.4 is 10.3 Å². The number of benzene rings is 1. The zero-order valence-corrected chi connectivity index (χ0v) is 16.3. The third-order valence-corrected chi connectivity index (χ3v) is 6.54. The molecule has 1 N–H and O–H groups in total. The zero-order valence-electron chi connectivity index (χ0n) is 16.3. The van der Waals surface area contributed by atoms with Crippen molar-refractivity contribution in [2.24, 2.45) is 11.8 Å². The second-order valence-electron chi connectivity index (χ2n) is 8.63. The summed E-state index contributed by atoms with van der Waals surface area (Å²) in [5.74, 6) is 1.87. The smallest absolute Gasteiger partial charge is 0.252 e. The van der Waals surface area contributed by atoms with Gasteiger partial charge in [-0.2, -0.15) is 0 Å². The largest absolute Gasteiger partial charge is 0.497 e. The molecule has 0 spiro atoms. The molecule has 3 aliphatic heterocycles. The molecule has 6 nitrogen and oxygen atoms in total. The van der Waals surface area contributed by atoms with Gasteiger partial charge in [0, 0.05) is 43.9 Å². The van der Waals surface area contributed by atoms with Crippen LogP contribution in [0.1, 0.15) is 31.2 Å². The SMILES string of the molecule is COc1ccc2cc(CN3C[C@H]4CC[C@@H](C3)N(CC3CC3)C4=O)c(=O)[nH]c2c1. The first-order valence-electron chi connectivity index (χ1n) is 10.3. The lowest BCUT2D eigenvalue weighted by Gasteiger charge is -2.36. The molecule has 1 aromatic heterocycles. The van der Waals surface area contributed by atoms with E-state index in [1.807, 2.05) is 24.3 Å². The van der Waals surface area contributed by atoms with Gasteiger partial charge < -0.3 is 14.6 Å². The van der Waals surface area contributed by atoms with Crippen LogP contribution in [0.15, 0.2) is 29.1 Å². The number of piperidine rings is 1. The van der Waals surface area contributed by atoms with Gasteiger partial charge in [0.15, 0.2) is 0 Å². The Morgan fingerprint density at radius 1 is 1.11 bits per heavy atom. The molecule has 4 fully saturated rings. The Labute approximate surface area is 164 Å². The number of aromatic nitrogens is 1. The zero-order chi connectivity index (χ0) is 19.3. The maximum atomic E-state index is 12.9. The molecule has 148 valence electrons. The summed E-state index contributed by atoms with van der Waals surface area (Å²) in [5, 5.41) is 1.000. The van der Waals surface area contributed by atoms with Crippen molar-refractivity contribution in [3.63, 3.8) is 0 Å². The molecule has 2 aromatic rings. The number of carbonyl (C=O) groups is 1. The molecule has 2 bridgehead atoms. The summed E-state index contributed by atoms with van der Waals surface area (Å²) in [4.78, 5) is 33.0. The Kier molecular flexibility index (Phi) is 4.38. The molecule has 1 aromatic carbocycles.